The highest BCUT2D eigenvalue weighted by Gasteiger charge is 2.46. The molecule has 6 heteroatoms. The SMILES string of the molecule is Cc1ccc2oc(NC[C@@]3(CO)COC[C@@H]4CCCN43)nc2c1. The number of hydrogen-bond donors (Lipinski definition) is 2. The van der Waals surface area contributed by atoms with E-state index in [1.807, 2.05) is 25.1 Å². The number of benzene rings is 1. The highest BCUT2D eigenvalue weighted by Crippen LogP contribution is 2.32. The summed E-state index contributed by atoms with van der Waals surface area (Å²) in [7, 11) is 0. The number of aryl methyl sites for hydroxylation is 1. The molecular weight excluding hydrogens is 294 g/mol. The van der Waals surface area contributed by atoms with E-state index in [0.29, 0.717) is 25.2 Å². The Bertz CT molecular complexity index is 701. The summed E-state index contributed by atoms with van der Waals surface area (Å²) in [5.74, 6) is 0. The van der Waals surface area contributed by atoms with Crippen LogP contribution in [0, 0.1) is 6.92 Å². The number of aromatic nitrogens is 1. The minimum Gasteiger partial charge on any atom is -0.424 e. The Morgan fingerprint density at radius 1 is 1.48 bits per heavy atom. The molecule has 3 heterocycles. The molecule has 2 aromatic rings. The van der Waals surface area contributed by atoms with E-state index >= 15 is 0 Å². The number of hydrogen-bond acceptors (Lipinski definition) is 6. The number of anilines is 1. The first kappa shape index (κ1) is 14.9. The molecule has 2 fully saturated rings. The molecule has 2 N–H and O–H groups in total. The summed E-state index contributed by atoms with van der Waals surface area (Å²) in [6, 6.07) is 6.87. The Balaban J connectivity index is 1.53. The predicted octanol–water partition coefficient (Wildman–Crippen LogP) is 1.77. The van der Waals surface area contributed by atoms with Gasteiger partial charge < -0.3 is 19.6 Å². The van der Waals surface area contributed by atoms with E-state index in [1.165, 1.54) is 0 Å². The van der Waals surface area contributed by atoms with Crippen molar-refractivity contribution in [1.82, 2.24) is 9.88 Å². The van der Waals surface area contributed by atoms with Gasteiger partial charge in [-0.25, -0.2) is 0 Å². The van der Waals surface area contributed by atoms with E-state index in [2.05, 4.69) is 15.2 Å². The maximum absolute atomic E-state index is 10.0. The molecule has 2 saturated heterocycles. The number of ether oxygens (including phenoxy) is 1. The third-order valence-electron chi connectivity index (χ3n) is 5.07. The van der Waals surface area contributed by atoms with Crippen LogP contribution in [-0.4, -0.2) is 59.5 Å². The molecule has 2 aliphatic heterocycles. The number of aliphatic hydroxyl groups excluding tert-OH is 1. The van der Waals surface area contributed by atoms with E-state index in [0.717, 1.165) is 42.7 Å². The molecule has 0 saturated carbocycles. The lowest BCUT2D eigenvalue weighted by molar-refractivity contribution is -0.102. The largest absolute Gasteiger partial charge is 0.424 e. The molecule has 0 radical (unpaired) electrons. The Kier molecular flexibility index (Phi) is 3.75. The maximum atomic E-state index is 10.0. The van der Waals surface area contributed by atoms with Crippen molar-refractivity contribution in [2.45, 2.75) is 31.3 Å². The second-order valence-corrected chi connectivity index (χ2v) is 6.73. The summed E-state index contributed by atoms with van der Waals surface area (Å²) in [6.45, 7) is 4.98. The van der Waals surface area contributed by atoms with Crippen LogP contribution in [0.25, 0.3) is 11.1 Å². The molecule has 6 nitrogen and oxygen atoms in total. The zero-order valence-electron chi connectivity index (χ0n) is 13.4. The van der Waals surface area contributed by atoms with Gasteiger partial charge in [0.25, 0.3) is 6.01 Å². The highest BCUT2D eigenvalue weighted by molar-refractivity contribution is 5.75. The van der Waals surface area contributed by atoms with Gasteiger partial charge in [0.1, 0.15) is 5.52 Å². The van der Waals surface area contributed by atoms with Gasteiger partial charge in [-0.05, 0) is 44.0 Å². The Morgan fingerprint density at radius 2 is 2.39 bits per heavy atom. The number of fused-ring (bicyclic) bond motifs is 2. The number of morpholine rings is 1. The zero-order chi connectivity index (χ0) is 15.9. The average molecular weight is 317 g/mol. The lowest BCUT2D eigenvalue weighted by atomic mass is 9.96. The first-order valence-corrected chi connectivity index (χ1v) is 8.27. The van der Waals surface area contributed by atoms with E-state index in [-0.39, 0.29) is 6.61 Å². The van der Waals surface area contributed by atoms with Gasteiger partial charge in [0.05, 0.1) is 25.4 Å². The van der Waals surface area contributed by atoms with Gasteiger partial charge in [0.15, 0.2) is 5.58 Å². The van der Waals surface area contributed by atoms with Crippen molar-refractivity contribution in [2.24, 2.45) is 0 Å². The second-order valence-electron chi connectivity index (χ2n) is 6.73. The summed E-state index contributed by atoms with van der Waals surface area (Å²) in [4.78, 5) is 6.89. The molecule has 0 bridgehead atoms. The molecular formula is C17H23N3O3. The molecule has 0 spiro atoms. The minimum absolute atomic E-state index is 0.0653. The molecule has 4 rings (SSSR count). The van der Waals surface area contributed by atoms with Crippen LogP contribution in [0.3, 0.4) is 0 Å². The van der Waals surface area contributed by atoms with Crippen LogP contribution in [0.4, 0.5) is 6.01 Å². The van der Waals surface area contributed by atoms with Crippen LogP contribution >= 0.6 is 0 Å². The summed E-state index contributed by atoms with van der Waals surface area (Å²) in [5, 5.41) is 13.3. The fraction of sp³-hybridized carbons (Fsp3) is 0.588. The third-order valence-corrected chi connectivity index (χ3v) is 5.07. The lowest BCUT2D eigenvalue weighted by Gasteiger charge is -2.47. The van der Waals surface area contributed by atoms with Gasteiger partial charge in [-0.2, -0.15) is 4.98 Å². The first-order chi connectivity index (χ1) is 11.2. The van der Waals surface area contributed by atoms with Crippen LogP contribution in [0.15, 0.2) is 22.6 Å². The van der Waals surface area contributed by atoms with Crippen LogP contribution in [0.2, 0.25) is 0 Å². The highest BCUT2D eigenvalue weighted by atomic mass is 16.5. The van der Waals surface area contributed by atoms with Gasteiger partial charge in [0.2, 0.25) is 0 Å². The molecule has 1 aromatic heterocycles. The Hall–Kier alpha value is -1.63. The molecule has 2 atom stereocenters. The number of oxazole rings is 1. The van der Waals surface area contributed by atoms with Crippen molar-refractivity contribution in [2.75, 3.05) is 38.2 Å². The Morgan fingerprint density at radius 3 is 3.26 bits per heavy atom. The quantitative estimate of drug-likeness (QED) is 0.896. The van der Waals surface area contributed by atoms with Crippen LogP contribution < -0.4 is 5.32 Å². The lowest BCUT2D eigenvalue weighted by Crippen LogP contribution is -2.64. The molecule has 1 aromatic carbocycles. The number of rotatable bonds is 4. The molecule has 124 valence electrons. The summed E-state index contributed by atoms with van der Waals surface area (Å²) >= 11 is 0. The summed E-state index contributed by atoms with van der Waals surface area (Å²) in [6.07, 6.45) is 2.31. The van der Waals surface area contributed by atoms with Gasteiger partial charge in [-0.1, -0.05) is 6.07 Å². The normalized spacial score (nSPS) is 28.2. The van der Waals surface area contributed by atoms with Crippen LogP contribution in [0.1, 0.15) is 18.4 Å². The molecule has 0 unspecified atom stereocenters. The second kappa shape index (κ2) is 5.78. The number of aliphatic hydroxyl groups is 1. The van der Waals surface area contributed by atoms with Gasteiger partial charge in [0, 0.05) is 12.6 Å². The van der Waals surface area contributed by atoms with Crippen molar-refractivity contribution in [3.05, 3.63) is 23.8 Å². The fourth-order valence-electron chi connectivity index (χ4n) is 3.80. The molecule has 0 amide bonds. The summed E-state index contributed by atoms with van der Waals surface area (Å²) in [5.41, 5.74) is 2.39. The average Bonchev–Trinajstić information content (AvgIpc) is 3.19. The molecule has 0 aliphatic carbocycles. The first-order valence-electron chi connectivity index (χ1n) is 8.27. The summed E-state index contributed by atoms with van der Waals surface area (Å²) < 4.78 is 11.5. The predicted molar refractivity (Wildman–Crippen MR) is 87.6 cm³/mol. The standard InChI is InChI=1S/C17H23N3O3/c1-12-4-5-15-14(7-12)19-16(23-15)18-9-17(10-21)11-22-8-13-3-2-6-20(13)17/h4-5,7,13,21H,2-3,6,8-11H2,1H3,(H,18,19)/t13-,17+/m0/s1. The van der Waals surface area contributed by atoms with Crippen molar-refractivity contribution in [1.29, 1.82) is 0 Å². The monoisotopic (exact) mass is 317 g/mol. The van der Waals surface area contributed by atoms with Gasteiger partial charge >= 0.3 is 0 Å². The van der Waals surface area contributed by atoms with Crippen LogP contribution in [-0.2, 0) is 4.74 Å². The third kappa shape index (κ3) is 2.60. The molecule has 2 aliphatic rings. The van der Waals surface area contributed by atoms with E-state index in [1.54, 1.807) is 0 Å². The van der Waals surface area contributed by atoms with E-state index in [4.69, 9.17) is 9.15 Å². The van der Waals surface area contributed by atoms with Gasteiger partial charge in [-0.15, -0.1) is 0 Å². The fourth-order valence-corrected chi connectivity index (χ4v) is 3.80. The van der Waals surface area contributed by atoms with Crippen LogP contribution in [0.5, 0.6) is 0 Å². The topological polar surface area (TPSA) is 70.8 Å². The number of nitrogens with one attached hydrogen (secondary N) is 1. The van der Waals surface area contributed by atoms with Crippen molar-refractivity contribution >= 4 is 17.1 Å². The van der Waals surface area contributed by atoms with Gasteiger partial charge in [-0.3, -0.25) is 4.90 Å². The number of nitrogens with zero attached hydrogens (tertiary/aromatic N) is 2. The van der Waals surface area contributed by atoms with Crippen molar-refractivity contribution in [3.8, 4) is 0 Å². The van der Waals surface area contributed by atoms with E-state index < -0.39 is 5.54 Å². The maximum Gasteiger partial charge on any atom is 0.295 e. The Labute approximate surface area is 135 Å². The smallest absolute Gasteiger partial charge is 0.295 e. The van der Waals surface area contributed by atoms with Crippen molar-refractivity contribution < 1.29 is 14.3 Å². The zero-order valence-corrected chi connectivity index (χ0v) is 13.4. The van der Waals surface area contributed by atoms with E-state index in [9.17, 15) is 5.11 Å². The van der Waals surface area contributed by atoms with Crippen molar-refractivity contribution in [3.63, 3.8) is 0 Å². The molecule has 23 heavy (non-hydrogen) atoms. The minimum atomic E-state index is -0.393.